The second kappa shape index (κ2) is 5.79. The van der Waals surface area contributed by atoms with Gasteiger partial charge in [0.25, 0.3) is 0 Å². The summed E-state index contributed by atoms with van der Waals surface area (Å²) in [5.74, 6) is 1.66. The molecule has 2 unspecified atom stereocenters. The maximum Gasteiger partial charge on any atom is 0.243 e. The Hall–Kier alpha value is -1.27. The fraction of sp³-hybridized carbons (Fsp3) is 0.615. The summed E-state index contributed by atoms with van der Waals surface area (Å²) in [4.78, 5) is 8.88. The molecule has 0 saturated carbocycles. The lowest BCUT2D eigenvalue weighted by atomic mass is 10.2. The molecule has 19 heavy (non-hydrogen) atoms. The van der Waals surface area contributed by atoms with Gasteiger partial charge >= 0.3 is 0 Å². The van der Waals surface area contributed by atoms with E-state index < -0.39 is 0 Å². The number of hydrogen-bond donors (Lipinski definition) is 1. The summed E-state index contributed by atoms with van der Waals surface area (Å²) in [6.45, 7) is 10.2. The van der Waals surface area contributed by atoms with E-state index in [1.165, 1.54) is 0 Å². The van der Waals surface area contributed by atoms with E-state index in [-0.39, 0.29) is 18.0 Å². The Kier molecular flexibility index (Phi) is 4.31. The Labute approximate surface area is 117 Å². The van der Waals surface area contributed by atoms with Crippen molar-refractivity contribution in [2.45, 2.75) is 52.6 Å². The minimum Gasteiger partial charge on any atom is -0.338 e. The molecule has 0 aromatic carbocycles. The van der Waals surface area contributed by atoms with Crippen LogP contribution in [0.15, 0.2) is 9.90 Å². The number of thiazole rings is 1. The number of nitrogens with zero attached hydrogens (tertiary/aromatic N) is 3. The Morgan fingerprint density at radius 2 is 1.89 bits per heavy atom. The van der Waals surface area contributed by atoms with Gasteiger partial charge in [0, 0.05) is 17.0 Å². The topological polar surface area (TPSA) is 63.8 Å². The van der Waals surface area contributed by atoms with Gasteiger partial charge in [0.2, 0.25) is 5.89 Å². The van der Waals surface area contributed by atoms with Gasteiger partial charge in [0.1, 0.15) is 5.01 Å². The normalized spacial score (nSPS) is 14.8. The molecule has 104 valence electrons. The Morgan fingerprint density at radius 1 is 1.16 bits per heavy atom. The summed E-state index contributed by atoms with van der Waals surface area (Å²) in [5.41, 5.74) is 1.06. The molecule has 0 bridgehead atoms. The Bertz CT molecular complexity index is 534. The van der Waals surface area contributed by atoms with Crippen molar-refractivity contribution in [1.82, 2.24) is 20.4 Å². The molecule has 2 aromatic rings. The molecule has 2 aromatic heterocycles. The van der Waals surface area contributed by atoms with E-state index in [0.717, 1.165) is 16.5 Å². The molecule has 0 saturated heterocycles. The predicted molar refractivity (Wildman–Crippen MR) is 75.2 cm³/mol. The van der Waals surface area contributed by atoms with Gasteiger partial charge in [-0.25, -0.2) is 4.98 Å². The maximum absolute atomic E-state index is 5.29. The molecule has 0 amide bonds. The quantitative estimate of drug-likeness (QED) is 0.909. The van der Waals surface area contributed by atoms with Crippen molar-refractivity contribution in [3.05, 3.63) is 27.8 Å². The minimum atomic E-state index is 0.0132. The molecule has 0 radical (unpaired) electrons. The van der Waals surface area contributed by atoms with E-state index in [0.29, 0.717) is 5.89 Å². The predicted octanol–water partition coefficient (Wildman–Crippen LogP) is 3.37. The van der Waals surface area contributed by atoms with Crippen molar-refractivity contribution in [3.8, 4) is 0 Å². The molecular formula is C13H20N4OS. The van der Waals surface area contributed by atoms with Gasteiger partial charge in [-0.2, -0.15) is 4.98 Å². The van der Waals surface area contributed by atoms with Crippen molar-refractivity contribution in [3.63, 3.8) is 0 Å². The first-order valence-electron chi connectivity index (χ1n) is 6.49. The lowest BCUT2D eigenvalue weighted by Crippen LogP contribution is -2.22. The van der Waals surface area contributed by atoms with Gasteiger partial charge in [0.15, 0.2) is 5.82 Å². The first kappa shape index (κ1) is 14.1. The zero-order chi connectivity index (χ0) is 14.0. The zero-order valence-corrected chi connectivity index (χ0v) is 12.8. The van der Waals surface area contributed by atoms with Gasteiger partial charge in [-0.3, -0.25) is 5.32 Å². The standard InChI is InChI=1S/C13H20N4OS/c1-7(2)11-16-12(18-17-11)9(4)15-10(5)13-14-8(3)6-19-13/h6-7,9-10,15H,1-5H3. The first-order chi connectivity index (χ1) is 8.97. The summed E-state index contributed by atoms with van der Waals surface area (Å²) < 4.78 is 5.29. The van der Waals surface area contributed by atoms with Crippen LogP contribution in [-0.4, -0.2) is 15.1 Å². The van der Waals surface area contributed by atoms with Crippen LogP contribution in [0.2, 0.25) is 0 Å². The third kappa shape index (κ3) is 3.39. The monoisotopic (exact) mass is 280 g/mol. The fourth-order valence-electron chi connectivity index (χ4n) is 1.75. The van der Waals surface area contributed by atoms with Crippen molar-refractivity contribution in [1.29, 1.82) is 0 Å². The highest BCUT2D eigenvalue weighted by Gasteiger charge is 2.19. The smallest absolute Gasteiger partial charge is 0.243 e. The van der Waals surface area contributed by atoms with Crippen molar-refractivity contribution in [2.24, 2.45) is 0 Å². The van der Waals surface area contributed by atoms with E-state index in [4.69, 9.17) is 4.52 Å². The molecule has 2 atom stereocenters. The van der Waals surface area contributed by atoms with Crippen LogP contribution in [0.4, 0.5) is 0 Å². The minimum absolute atomic E-state index is 0.0132. The fourth-order valence-corrected chi connectivity index (χ4v) is 2.56. The van der Waals surface area contributed by atoms with E-state index in [1.54, 1.807) is 11.3 Å². The summed E-state index contributed by atoms with van der Waals surface area (Å²) >= 11 is 1.66. The zero-order valence-electron chi connectivity index (χ0n) is 12.0. The van der Waals surface area contributed by atoms with E-state index in [9.17, 15) is 0 Å². The molecule has 6 heteroatoms. The maximum atomic E-state index is 5.29. The van der Waals surface area contributed by atoms with Gasteiger partial charge < -0.3 is 4.52 Å². The molecule has 0 aliphatic heterocycles. The average Bonchev–Trinajstić information content (AvgIpc) is 2.96. The SMILES string of the molecule is Cc1csc(C(C)NC(C)c2nc(C(C)C)no2)n1. The van der Waals surface area contributed by atoms with Gasteiger partial charge in [-0.15, -0.1) is 11.3 Å². The van der Waals surface area contributed by atoms with E-state index >= 15 is 0 Å². The molecule has 0 spiro atoms. The number of rotatable bonds is 5. The van der Waals surface area contributed by atoms with Crippen LogP contribution < -0.4 is 5.32 Å². The highest BCUT2D eigenvalue weighted by molar-refractivity contribution is 7.09. The summed E-state index contributed by atoms with van der Waals surface area (Å²) in [6.07, 6.45) is 0. The third-order valence-electron chi connectivity index (χ3n) is 2.85. The number of nitrogens with one attached hydrogen (secondary N) is 1. The van der Waals surface area contributed by atoms with Crippen LogP contribution in [0.3, 0.4) is 0 Å². The molecule has 0 aliphatic rings. The summed E-state index contributed by atoms with van der Waals surface area (Å²) in [6, 6.07) is 0.183. The molecular weight excluding hydrogens is 260 g/mol. The van der Waals surface area contributed by atoms with Gasteiger partial charge in [-0.05, 0) is 20.8 Å². The molecule has 5 nitrogen and oxygen atoms in total. The largest absolute Gasteiger partial charge is 0.338 e. The van der Waals surface area contributed by atoms with Crippen LogP contribution in [0.5, 0.6) is 0 Å². The molecule has 0 aliphatic carbocycles. The molecule has 1 N–H and O–H groups in total. The lowest BCUT2D eigenvalue weighted by Gasteiger charge is -2.14. The third-order valence-corrected chi connectivity index (χ3v) is 4.00. The van der Waals surface area contributed by atoms with E-state index in [1.807, 2.05) is 27.7 Å². The molecule has 2 heterocycles. The Morgan fingerprint density at radius 3 is 2.42 bits per heavy atom. The van der Waals surface area contributed by atoms with Gasteiger partial charge in [-0.1, -0.05) is 19.0 Å². The summed E-state index contributed by atoms with van der Waals surface area (Å²) in [7, 11) is 0. The molecule has 2 rings (SSSR count). The molecule has 0 fully saturated rings. The second-order valence-corrected chi connectivity index (χ2v) is 5.97. The van der Waals surface area contributed by atoms with Crippen molar-refractivity contribution >= 4 is 11.3 Å². The van der Waals surface area contributed by atoms with Crippen LogP contribution in [0, 0.1) is 6.92 Å². The van der Waals surface area contributed by atoms with Crippen LogP contribution >= 0.6 is 11.3 Å². The average molecular weight is 280 g/mol. The van der Waals surface area contributed by atoms with Crippen molar-refractivity contribution < 1.29 is 4.52 Å². The number of aromatic nitrogens is 3. The lowest BCUT2D eigenvalue weighted by molar-refractivity contribution is 0.324. The van der Waals surface area contributed by atoms with Gasteiger partial charge in [0.05, 0.1) is 12.1 Å². The Balaban J connectivity index is 2.01. The summed E-state index contributed by atoms with van der Waals surface area (Å²) in [5, 5.41) is 10.5. The second-order valence-electron chi connectivity index (χ2n) is 5.08. The van der Waals surface area contributed by atoms with Crippen LogP contribution in [0.25, 0.3) is 0 Å². The number of aryl methyl sites for hydroxylation is 1. The highest BCUT2D eigenvalue weighted by atomic mass is 32.1. The van der Waals surface area contributed by atoms with Crippen molar-refractivity contribution in [2.75, 3.05) is 0 Å². The van der Waals surface area contributed by atoms with E-state index in [2.05, 4.69) is 32.7 Å². The number of hydrogen-bond acceptors (Lipinski definition) is 6. The first-order valence-corrected chi connectivity index (χ1v) is 7.37. The van der Waals surface area contributed by atoms with Crippen LogP contribution in [0.1, 0.15) is 68.1 Å². The van der Waals surface area contributed by atoms with Crippen LogP contribution in [-0.2, 0) is 0 Å². The highest BCUT2D eigenvalue weighted by Crippen LogP contribution is 2.22.